The van der Waals surface area contributed by atoms with Gasteiger partial charge in [-0.1, -0.05) is 6.07 Å². The number of nitrogen functional groups attached to an aromatic ring is 1. The van der Waals surface area contributed by atoms with E-state index in [9.17, 15) is 0 Å². The van der Waals surface area contributed by atoms with E-state index in [1.165, 1.54) is 0 Å². The number of ether oxygens (including phenoxy) is 1. The summed E-state index contributed by atoms with van der Waals surface area (Å²) in [5.41, 5.74) is 7.35. The van der Waals surface area contributed by atoms with Crippen molar-refractivity contribution in [1.82, 2.24) is 20.2 Å². The molecule has 0 spiro atoms. The second-order valence-corrected chi connectivity index (χ2v) is 3.84. The zero-order valence-corrected chi connectivity index (χ0v) is 8.79. The van der Waals surface area contributed by atoms with Crippen molar-refractivity contribution in [1.29, 1.82) is 0 Å². The third kappa shape index (κ3) is 1.23. The maximum absolute atomic E-state index is 5.90. The minimum absolute atomic E-state index is 0.00630. The van der Waals surface area contributed by atoms with Gasteiger partial charge in [-0.05, 0) is 29.5 Å². The van der Waals surface area contributed by atoms with E-state index >= 15 is 0 Å². The van der Waals surface area contributed by atoms with Crippen LogP contribution in [0.25, 0.3) is 11.4 Å². The van der Waals surface area contributed by atoms with E-state index in [0.29, 0.717) is 23.8 Å². The van der Waals surface area contributed by atoms with Crippen LogP contribution in [0.4, 0.5) is 5.69 Å². The molecule has 0 fully saturated rings. The van der Waals surface area contributed by atoms with Crippen molar-refractivity contribution in [3.8, 4) is 17.1 Å². The molecule has 1 aliphatic heterocycles. The third-order valence-corrected chi connectivity index (χ3v) is 2.57. The van der Waals surface area contributed by atoms with Crippen LogP contribution in [0.2, 0.25) is 0 Å². The number of fused-ring (bicyclic) bond motifs is 3. The zero-order valence-electron chi connectivity index (χ0n) is 8.79. The molecule has 82 valence electrons. The summed E-state index contributed by atoms with van der Waals surface area (Å²) in [5, 5.41) is 11.6. The highest BCUT2D eigenvalue weighted by Gasteiger charge is 2.23. The van der Waals surface area contributed by atoms with Crippen molar-refractivity contribution in [2.24, 2.45) is 0 Å². The molecule has 0 aliphatic carbocycles. The lowest BCUT2D eigenvalue weighted by Crippen LogP contribution is -2.18. The Bertz CT molecular complexity index is 536. The highest BCUT2D eigenvalue weighted by atomic mass is 16.5. The molecule has 2 aromatic rings. The molecular weight excluding hydrogens is 206 g/mol. The maximum Gasteiger partial charge on any atom is 0.185 e. The fourth-order valence-corrected chi connectivity index (χ4v) is 1.86. The van der Waals surface area contributed by atoms with Gasteiger partial charge in [0.15, 0.2) is 11.6 Å². The van der Waals surface area contributed by atoms with Gasteiger partial charge in [0.1, 0.15) is 6.10 Å². The number of anilines is 1. The summed E-state index contributed by atoms with van der Waals surface area (Å²) in [6, 6.07) is 5.59. The van der Waals surface area contributed by atoms with Crippen molar-refractivity contribution in [2.75, 3.05) is 5.73 Å². The van der Waals surface area contributed by atoms with Gasteiger partial charge in [-0.15, -0.1) is 5.10 Å². The first kappa shape index (κ1) is 9.14. The van der Waals surface area contributed by atoms with Crippen molar-refractivity contribution < 1.29 is 4.74 Å². The third-order valence-electron chi connectivity index (χ3n) is 2.57. The Morgan fingerprint density at radius 1 is 1.50 bits per heavy atom. The number of hydrogen-bond donors (Lipinski definition) is 1. The van der Waals surface area contributed by atoms with Crippen LogP contribution in [0.1, 0.15) is 6.92 Å². The zero-order chi connectivity index (χ0) is 11.1. The van der Waals surface area contributed by atoms with Crippen LogP contribution in [0, 0.1) is 0 Å². The maximum atomic E-state index is 5.90. The predicted molar refractivity (Wildman–Crippen MR) is 57.8 cm³/mol. The molecule has 16 heavy (non-hydrogen) atoms. The number of rotatable bonds is 0. The summed E-state index contributed by atoms with van der Waals surface area (Å²) in [7, 11) is 0. The monoisotopic (exact) mass is 217 g/mol. The van der Waals surface area contributed by atoms with Gasteiger partial charge >= 0.3 is 0 Å². The average Bonchev–Trinajstić information content (AvgIpc) is 2.64. The molecule has 0 saturated carbocycles. The Morgan fingerprint density at radius 3 is 3.25 bits per heavy atom. The summed E-state index contributed by atoms with van der Waals surface area (Å²) in [6.07, 6.45) is -0.00630. The van der Waals surface area contributed by atoms with Crippen LogP contribution in [-0.2, 0) is 6.54 Å². The Balaban J connectivity index is 2.28. The molecule has 0 amide bonds. The molecule has 0 radical (unpaired) electrons. The van der Waals surface area contributed by atoms with Crippen molar-refractivity contribution in [3.63, 3.8) is 0 Å². The van der Waals surface area contributed by atoms with Crippen molar-refractivity contribution >= 4 is 5.69 Å². The molecule has 0 unspecified atom stereocenters. The van der Waals surface area contributed by atoms with Crippen LogP contribution in [-0.4, -0.2) is 26.3 Å². The summed E-state index contributed by atoms with van der Waals surface area (Å²) >= 11 is 0. The van der Waals surface area contributed by atoms with Gasteiger partial charge in [-0.25, -0.2) is 4.68 Å². The molecule has 2 N–H and O–H groups in total. The van der Waals surface area contributed by atoms with Gasteiger partial charge in [0, 0.05) is 0 Å². The lowest BCUT2D eigenvalue weighted by molar-refractivity contribution is 0.201. The number of para-hydroxylation sites is 1. The van der Waals surface area contributed by atoms with E-state index in [0.717, 1.165) is 5.56 Å². The number of tetrazole rings is 1. The number of nitrogens with two attached hydrogens (primary N) is 1. The summed E-state index contributed by atoms with van der Waals surface area (Å²) < 4.78 is 7.51. The Morgan fingerprint density at radius 2 is 2.38 bits per heavy atom. The number of benzene rings is 1. The van der Waals surface area contributed by atoms with Gasteiger partial charge < -0.3 is 10.5 Å². The predicted octanol–water partition coefficient (Wildman–Crippen LogP) is 0.703. The lowest BCUT2D eigenvalue weighted by atomic mass is 10.1. The lowest BCUT2D eigenvalue weighted by Gasteiger charge is -2.13. The average molecular weight is 217 g/mol. The number of aromatic nitrogens is 4. The SMILES string of the molecule is C[C@H]1Cn2nnnc2-c2cccc(N)c2O1. The van der Waals surface area contributed by atoms with Gasteiger partial charge in [-0.2, -0.15) is 0 Å². The Hall–Kier alpha value is -2.11. The summed E-state index contributed by atoms with van der Waals surface area (Å²) in [4.78, 5) is 0. The van der Waals surface area contributed by atoms with Crippen molar-refractivity contribution in [3.05, 3.63) is 18.2 Å². The molecule has 3 rings (SSSR count). The first-order valence-corrected chi connectivity index (χ1v) is 5.07. The number of nitrogens with zero attached hydrogens (tertiary/aromatic N) is 4. The summed E-state index contributed by atoms with van der Waals surface area (Å²) in [5.74, 6) is 1.37. The second kappa shape index (κ2) is 3.19. The largest absolute Gasteiger partial charge is 0.486 e. The van der Waals surface area contributed by atoms with E-state index in [1.807, 2.05) is 25.1 Å². The van der Waals surface area contributed by atoms with Crippen LogP contribution in [0.15, 0.2) is 18.2 Å². The molecule has 0 bridgehead atoms. The van der Waals surface area contributed by atoms with E-state index in [4.69, 9.17) is 10.5 Å². The molecule has 1 atom stereocenters. The molecule has 6 heteroatoms. The van der Waals surface area contributed by atoms with Crippen LogP contribution >= 0.6 is 0 Å². The highest BCUT2D eigenvalue weighted by Crippen LogP contribution is 2.36. The van der Waals surface area contributed by atoms with E-state index in [2.05, 4.69) is 15.5 Å². The van der Waals surface area contributed by atoms with Crippen LogP contribution < -0.4 is 10.5 Å². The second-order valence-electron chi connectivity index (χ2n) is 3.84. The first-order chi connectivity index (χ1) is 7.75. The molecule has 6 nitrogen and oxygen atoms in total. The normalized spacial score (nSPS) is 18.2. The molecule has 2 heterocycles. The van der Waals surface area contributed by atoms with E-state index in [1.54, 1.807) is 4.68 Å². The quantitative estimate of drug-likeness (QED) is 0.657. The fourth-order valence-electron chi connectivity index (χ4n) is 1.86. The van der Waals surface area contributed by atoms with Gasteiger partial charge in [-0.3, -0.25) is 0 Å². The molecule has 1 aromatic heterocycles. The van der Waals surface area contributed by atoms with Crippen LogP contribution in [0.5, 0.6) is 5.75 Å². The Kier molecular flexibility index (Phi) is 1.82. The molecule has 1 aromatic carbocycles. The standard InChI is InChI=1S/C10H11N5O/c1-6-5-15-10(12-13-14-15)7-3-2-4-8(11)9(7)16-6/h2-4,6H,5,11H2,1H3/t6-/m0/s1. The highest BCUT2D eigenvalue weighted by molar-refractivity contribution is 5.73. The Labute approximate surface area is 92.0 Å². The van der Waals surface area contributed by atoms with Crippen molar-refractivity contribution in [2.45, 2.75) is 19.6 Å². The summed E-state index contributed by atoms with van der Waals surface area (Å²) in [6.45, 7) is 2.59. The smallest absolute Gasteiger partial charge is 0.185 e. The molecule has 0 saturated heterocycles. The number of hydrogen-bond acceptors (Lipinski definition) is 5. The van der Waals surface area contributed by atoms with Gasteiger partial charge in [0.25, 0.3) is 0 Å². The van der Waals surface area contributed by atoms with Gasteiger partial charge in [0.2, 0.25) is 0 Å². The minimum atomic E-state index is -0.00630. The fraction of sp³-hybridized carbons (Fsp3) is 0.300. The topological polar surface area (TPSA) is 78.9 Å². The first-order valence-electron chi connectivity index (χ1n) is 5.07. The van der Waals surface area contributed by atoms with E-state index in [-0.39, 0.29) is 6.10 Å². The molecular formula is C10H11N5O. The molecule has 1 aliphatic rings. The van der Waals surface area contributed by atoms with Gasteiger partial charge in [0.05, 0.1) is 17.8 Å². The van der Waals surface area contributed by atoms with E-state index < -0.39 is 0 Å². The minimum Gasteiger partial charge on any atom is -0.486 e. The van der Waals surface area contributed by atoms with Crippen LogP contribution in [0.3, 0.4) is 0 Å².